The van der Waals surface area contributed by atoms with Crippen LogP contribution in [0.4, 0.5) is 11.6 Å². The summed E-state index contributed by atoms with van der Waals surface area (Å²) in [5, 5.41) is 3.19. The summed E-state index contributed by atoms with van der Waals surface area (Å²) in [6.07, 6.45) is 5.11. The van der Waals surface area contributed by atoms with Gasteiger partial charge in [-0.3, -0.25) is 4.79 Å². The maximum absolute atomic E-state index is 12.9. The first-order valence-corrected chi connectivity index (χ1v) is 8.68. The zero-order chi connectivity index (χ0) is 17.8. The van der Waals surface area contributed by atoms with Gasteiger partial charge in [0, 0.05) is 30.7 Å². The number of hydrogen-bond donors (Lipinski definition) is 1. The second-order valence-electron chi connectivity index (χ2n) is 6.74. The highest BCUT2D eigenvalue weighted by Gasteiger charge is 2.31. The third kappa shape index (κ3) is 3.96. The quantitative estimate of drug-likeness (QED) is 0.819. The van der Waals surface area contributed by atoms with Gasteiger partial charge in [-0.1, -0.05) is 18.2 Å². The number of nitrogens with zero attached hydrogens (tertiary/aromatic N) is 4. The topological polar surface area (TPSA) is 61.4 Å². The average molecular weight is 339 g/mol. The Morgan fingerprint density at radius 1 is 1.28 bits per heavy atom. The van der Waals surface area contributed by atoms with E-state index in [2.05, 4.69) is 47.3 Å². The van der Waals surface area contributed by atoms with Crippen LogP contribution in [0.5, 0.6) is 0 Å². The Labute approximate surface area is 148 Å². The summed E-state index contributed by atoms with van der Waals surface area (Å²) >= 11 is 0. The molecular formula is C19H25N5O. The number of nitrogens with one attached hydrogen (secondary N) is 1. The Hall–Kier alpha value is -2.47. The third-order valence-electron chi connectivity index (χ3n) is 4.39. The van der Waals surface area contributed by atoms with Crippen molar-refractivity contribution in [3.63, 3.8) is 0 Å². The fourth-order valence-corrected chi connectivity index (χ4v) is 3.14. The van der Waals surface area contributed by atoms with Gasteiger partial charge in [0.05, 0.1) is 5.56 Å². The number of carbonyl (C=O) groups is 1. The molecule has 1 aromatic carbocycles. The third-order valence-corrected chi connectivity index (χ3v) is 4.39. The second-order valence-corrected chi connectivity index (χ2v) is 6.74. The molecule has 1 atom stereocenters. The van der Waals surface area contributed by atoms with Gasteiger partial charge in [-0.2, -0.15) is 0 Å². The molecule has 2 aromatic rings. The molecule has 6 heteroatoms. The van der Waals surface area contributed by atoms with Crippen molar-refractivity contribution in [1.29, 1.82) is 0 Å². The summed E-state index contributed by atoms with van der Waals surface area (Å²) in [4.78, 5) is 25.4. The van der Waals surface area contributed by atoms with Crippen molar-refractivity contribution in [1.82, 2.24) is 14.9 Å². The fraction of sp³-hybridized carbons (Fsp3) is 0.421. The van der Waals surface area contributed by atoms with Crippen molar-refractivity contribution in [2.45, 2.75) is 25.8 Å². The number of anilines is 2. The first kappa shape index (κ1) is 17.4. The van der Waals surface area contributed by atoms with Crippen molar-refractivity contribution in [2.75, 3.05) is 37.4 Å². The van der Waals surface area contributed by atoms with Gasteiger partial charge in [0.2, 0.25) is 5.95 Å². The van der Waals surface area contributed by atoms with Gasteiger partial charge in [-0.25, -0.2) is 9.97 Å². The van der Waals surface area contributed by atoms with E-state index in [-0.39, 0.29) is 11.9 Å². The number of fused-ring (bicyclic) bond motifs is 1. The van der Waals surface area contributed by atoms with Crippen LogP contribution in [0.15, 0.2) is 36.7 Å². The number of carbonyl (C=O) groups excluding carboxylic acids is 1. The fourth-order valence-electron chi connectivity index (χ4n) is 3.14. The maximum atomic E-state index is 12.9. The molecule has 0 bridgehead atoms. The lowest BCUT2D eigenvalue weighted by atomic mass is 10.1. The first-order valence-electron chi connectivity index (χ1n) is 8.68. The van der Waals surface area contributed by atoms with E-state index in [9.17, 15) is 4.79 Å². The van der Waals surface area contributed by atoms with Gasteiger partial charge in [0.1, 0.15) is 0 Å². The minimum absolute atomic E-state index is 0.0448. The number of rotatable bonds is 6. The van der Waals surface area contributed by atoms with Gasteiger partial charge in [-0.15, -0.1) is 0 Å². The van der Waals surface area contributed by atoms with Crippen LogP contribution in [0.3, 0.4) is 0 Å². The molecule has 1 amide bonds. The molecule has 1 aliphatic heterocycles. The molecule has 0 saturated carbocycles. The lowest BCUT2D eigenvalue weighted by molar-refractivity contribution is 0.0981. The molecule has 6 nitrogen and oxygen atoms in total. The highest BCUT2D eigenvalue weighted by molar-refractivity contribution is 6.07. The van der Waals surface area contributed by atoms with Crippen molar-refractivity contribution in [3.8, 4) is 0 Å². The van der Waals surface area contributed by atoms with Crippen molar-refractivity contribution in [2.24, 2.45) is 0 Å². The highest BCUT2D eigenvalue weighted by Crippen LogP contribution is 2.32. The monoisotopic (exact) mass is 339 g/mol. The first-order chi connectivity index (χ1) is 12.1. The van der Waals surface area contributed by atoms with E-state index >= 15 is 0 Å². The van der Waals surface area contributed by atoms with Crippen LogP contribution in [0.2, 0.25) is 0 Å². The van der Waals surface area contributed by atoms with Crippen LogP contribution >= 0.6 is 0 Å². The van der Waals surface area contributed by atoms with E-state index in [4.69, 9.17) is 0 Å². The van der Waals surface area contributed by atoms with E-state index in [1.165, 1.54) is 5.56 Å². The number of amides is 1. The molecule has 3 rings (SSSR count). The Morgan fingerprint density at radius 3 is 2.72 bits per heavy atom. The van der Waals surface area contributed by atoms with E-state index < -0.39 is 0 Å². The molecule has 1 unspecified atom stereocenters. The van der Waals surface area contributed by atoms with Gasteiger partial charge in [0.15, 0.2) is 0 Å². The van der Waals surface area contributed by atoms with E-state index in [0.29, 0.717) is 11.5 Å². The summed E-state index contributed by atoms with van der Waals surface area (Å²) in [6.45, 7) is 3.89. The molecule has 1 aromatic heterocycles. The van der Waals surface area contributed by atoms with Crippen LogP contribution in [-0.2, 0) is 6.42 Å². The van der Waals surface area contributed by atoms with Crippen LogP contribution in [0.25, 0.3) is 0 Å². The molecule has 132 valence electrons. The average Bonchev–Trinajstić information content (AvgIpc) is 2.94. The molecule has 0 aliphatic carbocycles. The van der Waals surface area contributed by atoms with Crippen molar-refractivity contribution in [3.05, 3.63) is 47.8 Å². The molecule has 0 fully saturated rings. The predicted molar refractivity (Wildman–Crippen MR) is 100 cm³/mol. The second kappa shape index (κ2) is 7.61. The Balaban J connectivity index is 1.65. The van der Waals surface area contributed by atoms with Crippen LogP contribution in [0, 0.1) is 0 Å². The van der Waals surface area contributed by atoms with Gasteiger partial charge >= 0.3 is 0 Å². The summed E-state index contributed by atoms with van der Waals surface area (Å²) in [5.74, 6) is 0.516. The summed E-state index contributed by atoms with van der Waals surface area (Å²) in [6, 6.07) is 8.20. The van der Waals surface area contributed by atoms with Crippen molar-refractivity contribution < 1.29 is 4.79 Å². The van der Waals surface area contributed by atoms with Crippen LogP contribution < -0.4 is 10.2 Å². The molecule has 0 saturated heterocycles. The maximum Gasteiger partial charge on any atom is 0.261 e. The van der Waals surface area contributed by atoms with E-state index in [1.54, 1.807) is 12.4 Å². The standard InChI is InChI=1S/C19H25N5O/c1-14-11-15-7-4-5-8-17(15)24(14)18(25)16-12-21-19(22-13-16)20-9-6-10-23(2)3/h4-5,7-8,12-14H,6,9-11H2,1-3H3,(H,20,21,22). The normalized spacial score (nSPS) is 16.2. The van der Waals surface area contributed by atoms with Crippen LogP contribution in [-0.4, -0.2) is 54.0 Å². The van der Waals surface area contributed by atoms with Gasteiger partial charge < -0.3 is 15.1 Å². The molecule has 25 heavy (non-hydrogen) atoms. The Kier molecular flexibility index (Phi) is 5.28. The number of benzene rings is 1. The van der Waals surface area contributed by atoms with E-state index in [0.717, 1.165) is 31.6 Å². The van der Waals surface area contributed by atoms with Crippen LogP contribution in [0.1, 0.15) is 29.3 Å². The van der Waals surface area contributed by atoms with Gasteiger partial charge in [0.25, 0.3) is 5.91 Å². The minimum atomic E-state index is -0.0448. The van der Waals surface area contributed by atoms with Crippen molar-refractivity contribution >= 4 is 17.5 Å². The smallest absolute Gasteiger partial charge is 0.261 e. The lowest BCUT2D eigenvalue weighted by Crippen LogP contribution is -2.35. The zero-order valence-electron chi connectivity index (χ0n) is 15.1. The summed E-state index contributed by atoms with van der Waals surface area (Å²) in [7, 11) is 4.10. The molecule has 2 heterocycles. The molecule has 1 N–H and O–H groups in total. The summed E-state index contributed by atoms with van der Waals surface area (Å²) in [5.41, 5.74) is 2.72. The molecule has 0 spiro atoms. The Bertz CT molecular complexity index is 729. The highest BCUT2D eigenvalue weighted by atomic mass is 16.2. The van der Waals surface area contributed by atoms with Gasteiger partial charge in [-0.05, 0) is 52.0 Å². The minimum Gasteiger partial charge on any atom is -0.354 e. The SMILES string of the molecule is CC1Cc2ccccc2N1C(=O)c1cnc(NCCCN(C)C)nc1. The molecular weight excluding hydrogens is 314 g/mol. The Morgan fingerprint density at radius 2 is 2.00 bits per heavy atom. The number of aromatic nitrogens is 2. The van der Waals surface area contributed by atoms with E-state index in [1.807, 2.05) is 23.1 Å². The number of para-hydroxylation sites is 1. The molecule has 1 aliphatic rings. The summed E-state index contributed by atoms with van der Waals surface area (Å²) < 4.78 is 0. The zero-order valence-corrected chi connectivity index (χ0v) is 15.1. The lowest BCUT2D eigenvalue weighted by Gasteiger charge is -2.22. The molecule has 0 radical (unpaired) electrons. The largest absolute Gasteiger partial charge is 0.354 e. The number of hydrogen-bond acceptors (Lipinski definition) is 5. The predicted octanol–water partition coefficient (Wildman–Crippen LogP) is 2.43.